The zero-order valence-corrected chi connectivity index (χ0v) is 18.9. The summed E-state index contributed by atoms with van der Waals surface area (Å²) in [5.74, 6) is 0.0173. The van der Waals surface area contributed by atoms with Crippen molar-refractivity contribution in [2.75, 3.05) is 13.2 Å². The molecule has 2 aromatic carbocycles. The first-order valence-corrected chi connectivity index (χ1v) is 10.7. The molecule has 166 valence electrons. The minimum Gasteiger partial charge on any atom is -0.484 e. The Morgan fingerprint density at radius 3 is 2.58 bits per heavy atom. The van der Waals surface area contributed by atoms with Crippen LogP contribution in [0.25, 0.3) is 0 Å². The molecule has 1 unspecified atom stereocenters. The van der Waals surface area contributed by atoms with E-state index in [0.717, 1.165) is 11.1 Å². The van der Waals surface area contributed by atoms with Gasteiger partial charge >= 0.3 is 0 Å². The van der Waals surface area contributed by atoms with E-state index in [9.17, 15) is 14.0 Å². The summed E-state index contributed by atoms with van der Waals surface area (Å²) in [6.45, 7) is 9.91. The molecule has 0 radical (unpaired) electrons. The van der Waals surface area contributed by atoms with Crippen LogP contribution in [0.4, 0.5) is 4.39 Å². The van der Waals surface area contributed by atoms with Gasteiger partial charge in [0, 0.05) is 18.0 Å². The van der Waals surface area contributed by atoms with Crippen LogP contribution in [-0.4, -0.2) is 35.9 Å². The summed E-state index contributed by atoms with van der Waals surface area (Å²) in [6, 6.07) is 11.7. The number of rotatable bonds is 5. The van der Waals surface area contributed by atoms with Gasteiger partial charge in [-0.1, -0.05) is 39.0 Å². The van der Waals surface area contributed by atoms with Gasteiger partial charge in [0.2, 0.25) is 5.91 Å². The highest BCUT2D eigenvalue weighted by Crippen LogP contribution is 2.39. The summed E-state index contributed by atoms with van der Waals surface area (Å²) in [5, 5.41) is 2.80. The predicted octanol–water partition coefficient (Wildman–Crippen LogP) is 4.25. The summed E-state index contributed by atoms with van der Waals surface area (Å²) >= 11 is 0. The summed E-state index contributed by atoms with van der Waals surface area (Å²) in [7, 11) is 0. The van der Waals surface area contributed by atoms with Gasteiger partial charge < -0.3 is 15.0 Å². The molecule has 2 aromatic rings. The molecule has 1 aliphatic rings. The first-order valence-electron chi connectivity index (χ1n) is 10.7. The van der Waals surface area contributed by atoms with Crippen LogP contribution >= 0.6 is 0 Å². The Hall–Kier alpha value is -2.89. The number of ether oxygens (including phenoxy) is 1. The number of halogens is 1. The van der Waals surface area contributed by atoms with Crippen molar-refractivity contribution in [3.05, 3.63) is 65.0 Å². The second-order valence-corrected chi connectivity index (χ2v) is 9.33. The lowest BCUT2D eigenvalue weighted by molar-refractivity contribution is -0.141. The Kier molecular flexibility index (Phi) is 6.68. The molecule has 31 heavy (non-hydrogen) atoms. The molecule has 0 saturated carbocycles. The third-order valence-corrected chi connectivity index (χ3v) is 5.23. The van der Waals surface area contributed by atoms with Crippen LogP contribution in [0.2, 0.25) is 0 Å². The van der Waals surface area contributed by atoms with Crippen LogP contribution in [0, 0.1) is 11.2 Å². The molecule has 1 N–H and O–H groups in total. The maximum atomic E-state index is 14.1. The summed E-state index contributed by atoms with van der Waals surface area (Å²) in [6.07, 6.45) is 0.705. The van der Waals surface area contributed by atoms with Crippen molar-refractivity contribution in [2.45, 2.75) is 53.1 Å². The summed E-state index contributed by atoms with van der Waals surface area (Å²) in [5.41, 5.74) is 2.14. The predicted molar refractivity (Wildman–Crippen MR) is 118 cm³/mol. The average Bonchev–Trinajstić information content (AvgIpc) is 2.69. The van der Waals surface area contributed by atoms with Crippen molar-refractivity contribution < 1.29 is 18.7 Å². The number of amides is 2. The number of hydrogen-bond acceptors (Lipinski definition) is 3. The SMILES string of the molecule is CC(C)NC(=O)COc1ccc2c(c1)C(c1cccc(F)c1)N(C(=O)C(C)(C)C)CC2. The number of fused-ring (bicyclic) bond motifs is 1. The standard InChI is InChI=1S/C25H31FN2O3/c1-16(2)27-22(29)15-31-20-10-9-17-11-12-28(24(30)25(3,4)5)23(21(17)14-20)18-7-6-8-19(26)13-18/h6-10,13-14,16,23H,11-12,15H2,1-5H3,(H,27,29). The van der Waals surface area contributed by atoms with Gasteiger partial charge in [-0.25, -0.2) is 4.39 Å². The second kappa shape index (κ2) is 9.08. The van der Waals surface area contributed by atoms with E-state index >= 15 is 0 Å². The summed E-state index contributed by atoms with van der Waals surface area (Å²) < 4.78 is 19.8. The minimum absolute atomic E-state index is 0.00930. The van der Waals surface area contributed by atoms with Crippen molar-refractivity contribution in [1.29, 1.82) is 0 Å². The maximum absolute atomic E-state index is 14.1. The molecule has 0 fully saturated rings. The molecule has 5 nitrogen and oxygen atoms in total. The topological polar surface area (TPSA) is 58.6 Å². The third-order valence-electron chi connectivity index (χ3n) is 5.23. The zero-order chi connectivity index (χ0) is 22.8. The number of hydrogen-bond donors (Lipinski definition) is 1. The summed E-state index contributed by atoms with van der Waals surface area (Å²) in [4.78, 5) is 27.0. The van der Waals surface area contributed by atoms with E-state index in [2.05, 4.69) is 5.32 Å². The van der Waals surface area contributed by atoms with Crippen LogP contribution in [-0.2, 0) is 16.0 Å². The Labute approximate surface area is 183 Å². The van der Waals surface area contributed by atoms with E-state index in [4.69, 9.17) is 4.74 Å². The molecule has 1 heterocycles. The average molecular weight is 427 g/mol. The van der Waals surface area contributed by atoms with Crippen molar-refractivity contribution in [3.63, 3.8) is 0 Å². The highest BCUT2D eigenvalue weighted by molar-refractivity contribution is 5.83. The van der Waals surface area contributed by atoms with E-state index in [1.54, 1.807) is 6.07 Å². The monoisotopic (exact) mass is 426 g/mol. The molecule has 1 atom stereocenters. The molecular formula is C25H31FN2O3. The molecule has 0 spiro atoms. The van der Waals surface area contributed by atoms with Gasteiger partial charge in [0.1, 0.15) is 11.6 Å². The van der Waals surface area contributed by atoms with Crippen molar-refractivity contribution in [3.8, 4) is 5.75 Å². The molecule has 0 saturated heterocycles. The minimum atomic E-state index is -0.563. The van der Waals surface area contributed by atoms with Gasteiger partial charge in [-0.3, -0.25) is 9.59 Å². The molecule has 6 heteroatoms. The molecule has 0 aliphatic carbocycles. The van der Waals surface area contributed by atoms with Gasteiger partial charge in [0.25, 0.3) is 5.91 Å². The fourth-order valence-electron chi connectivity index (χ4n) is 3.88. The number of carbonyl (C=O) groups excluding carboxylic acids is 2. The fraction of sp³-hybridized carbons (Fsp3) is 0.440. The van der Waals surface area contributed by atoms with Gasteiger partial charge in [-0.05, 0) is 61.2 Å². The van der Waals surface area contributed by atoms with Crippen molar-refractivity contribution in [1.82, 2.24) is 10.2 Å². The maximum Gasteiger partial charge on any atom is 0.258 e. The highest BCUT2D eigenvalue weighted by Gasteiger charge is 2.37. The van der Waals surface area contributed by atoms with E-state index in [0.29, 0.717) is 24.3 Å². The largest absolute Gasteiger partial charge is 0.484 e. The van der Waals surface area contributed by atoms with Gasteiger partial charge in [0.15, 0.2) is 6.61 Å². The number of nitrogens with zero attached hydrogens (tertiary/aromatic N) is 1. The number of benzene rings is 2. The lowest BCUT2D eigenvalue weighted by atomic mass is 9.85. The zero-order valence-electron chi connectivity index (χ0n) is 18.9. The fourth-order valence-corrected chi connectivity index (χ4v) is 3.88. The first-order chi connectivity index (χ1) is 14.6. The van der Waals surface area contributed by atoms with Gasteiger partial charge in [0.05, 0.1) is 6.04 Å². The number of nitrogens with one attached hydrogen (secondary N) is 1. The van der Waals surface area contributed by atoms with E-state index in [1.807, 2.05) is 63.8 Å². The van der Waals surface area contributed by atoms with Crippen LogP contribution in [0.1, 0.15) is 57.4 Å². The molecule has 0 bridgehead atoms. The van der Waals surface area contributed by atoms with Gasteiger partial charge in [-0.2, -0.15) is 0 Å². The Morgan fingerprint density at radius 2 is 1.94 bits per heavy atom. The smallest absolute Gasteiger partial charge is 0.258 e. The van der Waals surface area contributed by atoms with Gasteiger partial charge in [-0.15, -0.1) is 0 Å². The van der Waals surface area contributed by atoms with Crippen LogP contribution in [0.5, 0.6) is 5.75 Å². The molecule has 3 rings (SSSR count). The lowest BCUT2D eigenvalue weighted by Crippen LogP contribution is -2.45. The van der Waals surface area contributed by atoms with Crippen LogP contribution < -0.4 is 10.1 Å². The van der Waals surface area contributed by atoms with E-state index < -0.39 is 11.5 Å². The second-order valence-electron chi connectivity index (χ2n) is 9.33. The molecule has 2 amide bonds. The van der Waals surface area contributed by atoms with Crippen LogP contribution in [0.15, 0.2) is 42.5 Å². The molecule has 1 aliphatic heterocycles. The lowest BCUT2D eigenvalue weighted by Gasteiger charge is -2.41. The first kappa shape index (κ1) is 22.8. The Bertz CT molecular complexity index is 965. The van der Waals surface area contributed by atoms with Crippen LogP contribution in [0.3, 0.4) is 0 Å². The molecular weight excluding hydrogens is 395 g/mol. The van der Waals surface area contributed by atoms with E-state index in [1.165, 1.54) is 12.1 Å². The van der Waals surface area contributed by atoms with Crippen molar-refractivity contribution >= 4 is 11.8 Å². The Balaban J connectivity index is 1.98. The van der Waals surface area contributed by atoms with Crippen molar-refractivity contribution in [2.24, 2.45) is 5.41 Å². The quantitative estimate of drug-likeness (QED) is 0.778. The number of carbonyl (C=O) groups is 2. The Morgan fingerprint density at radius 1 is 1.19 bits per heavy atom. The normalized spacial score (nSPS) is 16.1. The van der Waals surface area contributed by atoms with E-state index in [-0.39, 0.29) is 30.3 Å². The third kappa shape index (κ3) is 5.43. The highest BCUT2D eigenvalue weighted by atomic mass is 19.1. The molecule has 0 aromatic heterocycles.